The van der Waals surface area contributed by atoms with Crippen LogP contribution in [-0.2, 0) is 14.3 Å². The van der Waals surface area contributed by atoms with Crippen LogP contribution in [0.4, 0.5) is 5.69 Å². The van der Waals surface area contributed by atoms with Crippen LogP contribution in [0.5, 0.6) is 5.75 Å². The predicted molar refractivity (Wildman–Crippen MR) is 87.0 cm³/mol. The van der Waals surface area contributed by atoms with Crippen molar-refractivity contribution in [1.82, 2.24) is 5.32 Å². The third kappa shape index (κ3) is 6.04. The molecular formula is C15H19ClN2O6. The van der Waals surface area contributed by atoms with Gasteiger partial charge in [-0.25, -0.2) is 4.79 Å². The molecule has 1 aromatic carbocycles. The van der Waals surface area contributed by atoms with Crippen LogP contribution < -0.4 is 10.1 Å². The molecule has 0 saturated heterocycles. The van der Waals surface area contributed by atoms with Gasteiger partial charge < -0.3 is 14.8 Å². The second-order valence-corrected chi connectivity index (χ2v) is 5.84. The molecule has 1 atom stereocenters. The van der Waals surface area contributed by atoms with Crippen LogP contribution >= 0.6 is 11.6 Å². The standard InChI is InChI=1S/C15H19ClN2O6/c1-9(2)6-12(15(20)23-3)17-14(19)8-24-13-5-4-10(18(21)22)7-11(13)16/h4-5,7,9,12H,6,8H2,1-3H3,(H,17,19)/t12-/m1/s1. The van der Waals surface area contributed by atoms with Gasteiger partial charge in [-0.1, -0.05) is 25.4 Å². The third-order valence-corrected chi connectivity index (χ3v) is 3.31. The Hall–Kier alpha value is -2.35. The predicted octanol–water partition coefficient (Wildman–Crippen LogP) is 2.33. The van der Waals surface area contributed by atoms with Crippen molar-refractivity contribution < 1.29 is 24.0 Å². The first-order valence-corrected chi connectivity index (χ1v) is 7.56. The number of carbonyl (C=O) groups is 2. The van der Waals surface area contributed by atoms with Gasteiger partial charge in [0.15, 0.2) is 6.61 Å². The quantitative estimate of drug-likeness (QED) is 0.434. The molecule has 0 bridgehead atoms. The molecule has 0 aliphatic rings. The van der Waals surface area contributed by atoms with E-state index in [2.05, 4.69) is 10.1 Å². The smallest absolute Gasteiger partial charge is 0.328 e. The molecule has 0 fully saturated rings. The Labute approximate surface area is 144 Å². The number of non-ortho nitro benzene ring substituents is 1. The van der Waals surface area contributed by atoms with E-state index in [9.17, 15) is 19.7 Å². The lowest BCUT2D eigenvalue weighted by atomic mass is 10.0. The Morgan fingerprint density at radius 3 is 2.54 bits per heavy atom. The van der Waals surface area contributed by atoms with Gasteiger partial charge in [0.25, 0.3) is 11.6 Å². The van der Waals surface area contributed by atoms with Gasteiger partial charge in [-0.2, -0.15) is 0 Å². The van der Waals surface area contributed by atoms with E-state index in [0.29, 0.717) is 6.42 Å². The topological polar surface area (TPSA) is 108 Å². The number of carbonyl (C=O) groups excluding carboxylic acids is 2. The molecule has 0 saturated carbocycles. The Kier molecular flexibility index (Phi) is 7.44. The molecule has 1 N–H and O–H groups in total. The molecule has 1 aromatic rings. The molecule has 24 heavy (non-hydrogen) atoms. The van der Waals surface area contributed by atoms with E-state index in [0.717, 1.165) is 6.07 Å². The average molecular weight is 359 g/mol. The van der Waals surface area contributed by atoms with E-state index in [-0.39, 0.29) is 29.0 Å². The molecule has 0 aliphatic heterocycles. The number of hydrogen-bond acceptors (Lipinski definition) is 6. The summed E-state index contributed by atoms with van der Waals surface area (Å²) >= 11 is 5.87. The fraction of sp³-hybridized carbons (Fsp3) is 0.467. The number of amides is 1. The lowest BCUT2D eigenvalue weighted by Crippen LogP contribution is -2.44. The van der Waals surface area contributed by atoms with Crippen LogP contribution in [0, 0.1) is 16.0 Å². The molecule has 0 aliphatic carbocycles. The number of methoxy groups -OCH3 is 1. The Balaban J connectivity index is 2.64. The van der Waals surface area contributed by atoms with Crippen molar-refractivity contribution >= 4 is 29.2 Å². The van der Waals surface area contributed by atoms with Crippen molar-refractivity contribution in [3.8, 4) is 5.75 Å². The number of hydrogen-bond donors (Lipinski definition) is 1. The molecule has 0 spiro atoms. The summed E-state index contributed by atoms with van der Waals surface area (Å²) in [5.74, 6) is -0.749. The fourth-order valence-electron chi connectivity index (χ4n) is 1.93. The maximum absolute atomic E-state index is 11.9. The first-order valence-electron chi connectivity index (χ1n) is 7.18. The number of ether oxygens (including phenoxy) is 2. The number of nitro benzene ring substituents is 1. The molecule has 0 heterocycles. The highest BCUT2D eigenvalue weighted by atomic mass is 35.5. The van der Waals surface area contributed by atoms with Crippen molar-refractivity contribution in [2.45, 2.75) is 26.3 Å². The summed E-state index contributed by atoms with van der Waals surface area (Å²) in [5, 5.41) is 13.2. The zero-order valence-electron chi connectivity index (χ0n) is 13.6. The van der Waals surface area contributed by atoms with Gasteiger partial charge in [0.2, 0.25) is 0 Å². The molecular weight excluding hydrogens is 340 g/mol. The van der Waals surface area contributed by atoms with Crippen LogP contribution in [0.3, 0.4) is 0 Å². The number of rotatable bonds is 8. The number of nitrogens with zero attached hydrogens (tertiary/aromatic N) is 1. The van der Waals surface area contributed by atoms with Crippen molar-refractivity contribution in [3.05, 3.63) is 33.3 Å². The largest absolute Gasteiger partial charge is 0.482 e. The first kappa shape index (κ1) is 19.7. The summed E-state index contributed by atoms with van der Waals surface area (Å²) in [6.45, 7) is 3.44. The van der Waals surface area contributed by atoms with E-state index in [1.54, 1.807) is 0 Å². The van der Waals surface area contributed by atoms with Gasteiger partial charge in [-0.15, -0.1) is 0 Å². The van der Waals surface area contributed by atoms with E-state index in [1.165, 1.54) is 19.2 Å². The molecule has 0 radical (unpaired) electrons. The normalized spacial score (nSPS) is 11.7. The summed E-state index contributed by atoms with van der Waals surface area (Å²) in [6, 6.07) is 2.89. The van der Waals surface area contributed by atoms with E-state index < -0.39 is 22.8 Å². The summed E-state index contributed by atoms with van der Waals surface area (Å²) in [5.41, 5.74) is -0.181. The lowest BCUT2D eigenvalue weighted by Gasteiger charge is -2.18. The molecule has 0 unspecified atom stereocenters. The number of halogens is 1. The second-order valence-electron chi connectivity index (χ2n) is 5.43. The second kappa shape index (κ2) is 9.07. The maximum atomic E-state index is 11.9. The SMILES string of the molecule is COC(=O)[C@@H](CC(C)C)NC(=O)COc1ccc([N+](=O)[O-])cc1Cl. The van der Waals surface area contributed by atoms with E-state index in [4.69, 9.17) is 16.3 Å². The van der Waals surface area contributed by atoms with Gasteiger partial charge >= 0.3 is 5.97 Å². The number of nitrogens with one attached hydrogen (secondary N) is 1. The highest BCUT2D eigenvalue weighted by Gasteiger charge is 2.23. The van der Waals surface area contributed by atoms with Crippen molar-refractivity contribution in [3.63, 3.8) is 0 Å². The monoisotopic (exact) mass is 358 g/mol. The van der Waals surface area contributed by atoms with Crippen LogP contribution in [0.25, 0.3) is 0 Å². The van der Waals surface area contributed by atoms with Gasteiger partial charge in [0.05, 0.1) is 17.1 Å². The van der Waals surface area contributed by atoms with E-state index >= 15 is 0 Å². The molecule has 132 valence electrons. The minimum absolute atomic E-state index is 0.0173. The van der Waals surface area contributed by atoms with Crippen LogP contribution in [0.15, 0.2) is 18.2 Å². The Morgan fingerprint density at radius 1 is 1.38 bits per heavy atom. The van der Waals surface area contributed by atoms with Crippen LogP contribution in [0.2, 0.25) is 5.02 Å². The maximum Gasteiger partial charge on any atom is 0.328 e. The lowest BCUT2D eigenvalue weighted by molar-refractivity contribution is -0.384. The first-order chi connectivity index (χ1) is 11.2. The molecule has 0 aromatic heterocycles. The van der Waals surface area contributed by atoms with Crippen molar-refractivity contribution in [1.29, 1.82) is 0 Å². The number of esters is 1. The summed E-state index contributed by atoms with van der Waals surface area (Å²) < 4.78 is 9.89. The van der Waals surface area contributed by atoms with Crippen LogP contribution in [0.1, 0.15) is 20.3 Å². The summed E-state index contributed by atoms with van der Waals surface area (Å²) in [6.07, 6.45) is 0.427. The zero-order valence-corrected chi connectivity index (χ0v) is 14.3. The molecule has 8 nitrogen and oxygen atoms in total. The molecule has 1 rings (SSSR count). The van der Waals surface area contributed by atoms with Gasteiger partial charge in [-0.05, 0) is 18.4 Å². The highest BCUT2D eigenvalue weighted by Crippen LogP contribution is 2.28. The molecule has 9 heteroatoms. The fourth-order valence-corrected chi connectivity index (χ4v) is 2.16. The van der Waals surface area contributed by atoms with E-state index in [1.807, 2.05) is 13.8 Å². The zero-order chi connectivity index (χ0) is 18.3. The number of benzene rings is 1. The minimum atomic E-state index is -0.765. The third-order valence-electron chi connectivity index (χ3n) is 3.01. The van der Waals surface area contributed by atoms with Crippen LogP contribution in [-0.4, -0.2) is 36.6 Å². The Bertz CT molecular complexity index is 620. The van der Waals surface area contributed by atoms with Crippen molar-refractivity contribution in [2.75, 3.05) is 13.7 Å². The van der Waals surface area contributed by atoms with Crippen molar-refractivity contribution in [2.24, 2.45) is 5.92 Å². The number of nitro groups is 1. The molecule has 1 amide bonds. The summed E-state index contributed by atoms with van der Waals surface area (Å²) in [7, 11) is 1.25. The Morgan fingerprint density at radius 2 is 2.04 bits per heavy atom. The van der Waals surface area contributed by atoms with Gasteiger partial charge in [0.1, 0.15) is 11.8 Å². The average Bonchev–Trinajstić information content (AvgIpc) is 2.51. The van der Waals surface area contributed by atoms with Gasteiger partial charge in [-0.3, -0.25) is 14.9 Å². The van der Waals surface area contributed by atoms with Gasteiger partial charge in [0, 0.05) is 12.1 Å². The summed E-state index contributed by atoms with van der Waals surface area (Å²) in [4.78, 5) is 33.6. The highest BCUT2D eigenvalue weighted by molar-refractivity contribution is 6.32. The minimum Gasteiger partial charge on any atom is -0.482 e.